The van der Waals surface area contributed by atoms with Crippen molar-refractivity contribution in [3.8, 4) is 0 Å². The highest BCUT2D eigenvalue weighted by Crippen LogP contribution is 2.16. The van der Waals surface area contributed by atoms with Gasteiger partial charge in [-0.1, -0.05) is 17.3 Å². The third kappa shape index (κ3) is 2.95. The highest BCUT2D eigenvalue weighted by atomic mass is 16.3. The maximum Gasteiger partial charge on any atom is 0.108 e. The van der Waals surface area contributed by atoms with Crippen LogP contribution in [0.2, 0.25) is 0 Å². The quantitative estimate of drug-likeness (QED) is 0.720. The molecule has 0 saturated heterocycles. The van der Waals surface area contributed by atoms with Crippen LogP contribution >= 0.6 is 0 Å². The number of benzene rings is 1. The smallest absolute Gasteiger partial charge is 0.108 e. The van der Waals surface area contributed by atoms with Crippen molar-refractivity contribution in [2.75, 3.05) is 0 Å². The van der Waals surface area contributed by atoms with Crippen molar-refractivity contribution in [3.63, 3.8) is 0 Å². The van der Waals surface area contributed by atoms with E-state index in [1.807, 2.05) is 24.3 Å². The second-order valence-corrected chi connectivity index (χ2v) is 4.78. The number of rotatable bonds is 5. The molecule has 0 atom stereocenters. The topological polar surface area (TPSA) is 76.2 Å². The Balaban J connectivity index is 1.86. The molecular formula is C15H15N5O. The summed E-state index contributed by atoms with van der Waals surface area (Å²) in [5.41, 5.74) is 3.50. The predicted octanol–water partition coefficient (Wildman–Crippen LogP) is 1.57. The summed E-state index contributed by atoms with van der Waals surface area (Å²) in [5, 5.41) is 17.9. The number of aliphatic hydroxyl groups excluding tert-OH is 1. The van der Waals surface area contributed by atoms with Crippen molar-refractivity contribution in [1.82, 2.24) is 20.0 Å². The summed E-state index contributed by atoms with van der Waals surface area (Å²) in [6, 6.07) is 10.1. The van der Waals surface area contributed by atoms with Crippen molar-refractivity contribution < 1.29 is 5.11 Å². The average Bonchev–Trinajstić information content (AvgIpc) is 2.95. The van der Waals surface area contributed by atoms with E-state index in [-0.39, 0.29) is 6.61 Å². The van der Waals surface area contributed by atoms with E-state index >= 15 is 0 Å². The number of pyridine rings is 1. The van der Waals surface area contributed by atoms with E-state index in [1.165, 1.54) is 0 Å². The Labute approximate surface area is 121 Å². The summed E-state index contributed by atoms with van der Waals surface area (Å²) >= 11 is 0. The molecule has 0 aliphatic heterocycles. The highest BCUT2D eigenvalue weighted by molar-refractivity contribution is 5.79. The zero-order chi connectivity index (χ0) is 14.7. The van der Waals surface area contributed by atoms with E-state index < -0.39 is 0 Å². The van der Waals surface area contributed by atoms with Crippen LogP contribution in [0, 0.1) is 0 Å². The fourth-order valence-corrected chi connectivity index (χ4v) is 2.19. The largest absolute Gasteiger partial charge is 0.390 e. The van der Waals surface area contributed by atoms with Gasteiger partial charge in [0, 0.05) is 5.39 Å². The van der Waals surface area contributed by atoms with Crippen LogP contribution in [0.3, 0.4) is 0 Å². The first-order valence-electron chi connectivity index (χ1n) is 6.59. The van der Waals surface area contributed by atoms with Gasteiger partial charge in [-0.2, -0.15) is 0 Å². The van der Waals surface area contributed by atoms with Crippen molar-refractivity contribution in [1.29, 1.82) is 0 Å². The monoisotopic (exact) mass is 281 g/mol. The first kappa shape index (κ1) is 13.4. The van der Waals surface area contributed by atoms with Crippen LogP contribution in [0.25, 0.3) is 10.9 Å². The summed E-state index contributed by atoms with van der Waals surface area (Å²) in [6.45, 7) is 4.54. The molecule has 1 N–H and O–H groups in total. The second kappa shape index (κ2) is 5.80. The molecule has 0 aliphatic carbocycles. The van der Waals surface area contributed by atoms with Gasteiger partial charge in [-0.25, -0.2) is 4.68 Å². The lowest BCUT2D eigenvalue weighted by Crippen LogP contribution is -2.02. The van der Waals surface area contributed by atoms with Gasteiger partial charge in [0.2, 0.25) is 0 Å². The summed E-state index contributed by atoms with van der Waals surface area (Å²) in [4.78, 5) is 8.50. The molecule has 3 aromatic rings. The molecule has 0 saturated carbocycles. The van der Waals surface area contributed by atoms with Crippen LogP contribution in [0.5, 0.6) is 0 Å². The molecule has 106 valence electrons. The lowest BCUT2D eigenvalue weighted by atomic mass is 10.1. The molecule has 0 unspecified atom stereocenters. The van der Waals surface area contributed by atoms with E-state index in [0.717, 1.165) is 22.2 Å². The molecule has 6 heteroatoms. The minimum Gasteiger partial charge on any atom is -0.390 e. The molecule has 0 radical (unpaired) electrons. The van der Waals surface area contributed by atoms with E-state index in [2.05, 4.69) is 33.1 Å². The summed E-state index contributed by atoms with van der Waals surface area (Å²) in [6.07, 6.45) is 1.71. The number of aromatic nitrogens is 4. The van der Waals surface area contributed by atoms with Crippen molar-refractivity contribution >= 4 is 17.6 Å². The first-order valence-corrected chi connectivity index (χ1v) is 6.59. The fourth-order valence-electron chi connectivity index (χ4n) is 2.19. The second-order valence-electron chi connectivity index (χ2n) is 4.78. The number of nitrogens with zero attached hydrogens (tertiary/aromatic N) is 5. The van der Waals surface area contributed by atoms with Crippen LogP contribution in [0.15, 0.2) is 41.5 Å². The van der Waals surface area contributed by atoms with Crippen LogP contribution in [0.1, 0.15) is 17.0 Å². The average molecular weight is 281 g/mol. The molecule has 0 fully saturated rings. The minimum atomic E-state index is -0.106. The molecule has 0 spiro atoms. The predicted molar refractivity (Wildman–Crippen MR) is 80.0 cm³/mol. The number of aliphatic hydroxyl groups is 1. The van der Waals surface area contributed by atoms with E-state index in [4.69, 9.17) is 5.11 Å². The third-order valence-electron chi connectivity index (χ3n) is 3.18. The fraction of sp³-hybridized carbons (Fsp3) is 0.200. The number of hydrogen-bond acceptors (Lipinski definition) is 5. The van der Waals surface area contributed by atoms with Gasteiger partial charge in [-0.15, -0.1) is 5.10 Å². The molecule has 0 aliphatic rings. The maximum absolute atomic E-state index is 8.98. The molecule has 6 nitrogen and oxygen atoms in total. The number of fused-ring (bicyclic) bond motifs is 1. The SMILES string of the molecule is C=NCc1ccc2nc(Cn3cc(CO)nn3)ccc2c1. The Bertz CT molecular complexity index is 781. The Morgan fingerprint density at radius 2 is 2.10 bits per heavy atom. The van der Waals surface area contributed by atoms with Crippen molar-refractivity contribution in [2.24, 2.45) is 4.99 Å². The van der Waals surface area contributed by atoms with Gasteiger partial charge in [0.15, 0.2) is 0 Å². The summed E-state index contributed by atoms with van der Waals surface area (Å²) in [5.74, 6) is 0. The summed E-state index contributed by atoms with van der Waals surface area (Å²) in [7, 11) is 0. The molecule has 3 rings (SSSR count). The van der Waals surface area contributed by atoms with Gasteiger partial charge in [0.05, 0.1) is 37.1 Å². The number of hydrogen-bond donors (Lipinski definition) is 1. The van der Waals surface area contributed by atoms with E-state index in [9.17, 15) is 0 Å². The van der Waals surface area contributed by atoms with E-state index in [1.54, 1.807) is 10.9 Å². The van der Waals surface area contributed by atoms with Crippen LogP contribution in [-0.4, -0.2) is 31.8 Å². The first-order chi connectivity index (χ1) is 10.3. The molecule has 2 aromatic heterocycles. The van der Waals surface area contributed by atoms with Crippen LogP contribution in [-0.2, 0) is 19.7 Å². The van der Waals surface area contributed by atoms with Crippen LogP contribution in [0.4, 0.5) is 0 Å². The maximum atomic E-state index is 8.98. The van der Waals surface area contributed by atoms with Gasteiger partial charge in [-0.05, 0) is 30.5 Å². The van der Waals surface area contributed by atoms with Crippen LogP contribution < -0.4 is 0 Å². The molecular weight excluding hydrogens is 266 g/mol. The Morgan fingerprint density at radius 3 is 2.86 bits per heavy atom. The zero-order valence-corrected chi connectivity index (χ0v) is 11.5. The zero-order valence-electron chi connectivity index (χ0n) is 11.5. The van der Waals surface area contributed by atoms with Gasteiger partial charge in [-0.3, -0.25) is 9.98 Å². The molecule has 0 bridgehead atoms. The molecule has 21 heavy (non-hydrogen) atoms. The third-order valence-corrected chi connectivity index (χ3v) is 3.18. The van der Waals surface area contributed by atoms with Gasteiger partial charge >= 0.3 is 0 Å². The van der Waals surface area contributed by atoms with Gasteiger partial charge < -0.3 is 5.11 Å². The van der Waals surface area contributed by atoms with E-state index in [0.29, 0.717) is 18.8 Å². The number of aliphatic imine (C=N–C) groups is 1. The standard InChI is InChI=1S/C15H15N5O/c1-16-7-11-2-5-15-12(6-11)3-4-13(17-15)8-20-9-14(10-21)18-19-20/h2-6,9,21H,1,7-8,10H2. The minimum absolute atomic E-state index is 0.106. The lowest BCUT2D eigenvalue weighted by molar-refractivity contribution is 0.276. The Morgan fingerprint density at radius 1 is 1.19 bits per heavy atom. The Hall–Kier alpha value is -2.60. The molecule has 0 amide bonds. The summed E-state index contributed by atoms with van der Waals surface area (Å²) < 4.78 is 1.66. The van der Waals surface area contributed by atoms with Crippen molar-refractivity contribution in [3.05, 3.63) is 53.5 Å². The van der Waals surface area contributed by atoms with Gasteiger partial charge in [0.25, 0.3) is 0 Å². The Kier molecular flexibility index (Phi) is 3.70. The normalized spacial score (nSPS) is 10.9. The van der Waals surface area contributed by atoms with Gasteiger partial charge in [0.1, 0.15) is 5.69 Å². The molecule has 2 heterocycles. The lowest BCUT2D eigenvalue weighted by Gasteiger charge is -2.04. The highest BCUT2D eigenvalue weighted by Gasteiger charge is 2.03. The van der Waals surface area contributed by atoms with Crippen molar-refractivity contribution in [2.45, 2.75) is 19.7 Å². The molecule has 1 aromatic carbocycles.